The summed E-state index contributed by atoms with van der Waals surface area (Å²) >= 11 is 17.2. The Labute approximate surface area is 439 Å². The molecular formula is C54H55BCl3N13O2. The van der Waals surface area contributed by atoms with E-state index in [4.69, 9.17) is 55.6 Å². The van der Waals surface area contributed by atoms with Gasteiger partial charge in [-0.2, -0.15) is 15.0 Å². The van der Waals surface area contributed by atoms with E-state index in [9.17, 15) is 0 Å². The lowest BCUT2D eigenvalue weighted by Crippen LogP contribution is -2.29. The Kier molecular flexibility index (Phi) is 21.6. The fourth-order valence-corrected chi connectivity index (χ4v) is 7.32. The molecule has 6 heterocycles. The van der Waals surface area contributed by atoms with Gasteiger partial charge in [0, 0.05) is 41.2 Å². The smallest absolute Gasteiger partial charge is 0.423 e. The quantitative estimate of drug-likeness (QED) is 0.0293. The second kappa shape index (κ2) is 28.9. The molecule has 6 aromatic heterocycles. The number of benzene rings is 5. The first-order chi connectivity index (χ1) is 35.5. The van der Waals surface area contributed by atoms with Gasteiger partial charge in [-0.3, -0.25) is 0 Å². The second-order valence-electron chi connectivity index (χ2n) is 15.4. The number of halogens is 3. The van der Waals surface area contributed by atoms with E-state index in [2.05, 4.69) is 76.2 Å². The molecule has 0 aliphatic heterocycles. The molecule has 5 aromatic carbocycles. The molecule has 73 heavy (non-hydrogen) atoms. The maximum Gasteiger partial charge on any atom is 0.488 e. The molecular weight excluding hydrogens is 980 g/mol. The lowest BCUT2D eigenvalue weighted by atomic mass is 9.81. The molecule has 0 amide bonds. The van der Waals surface area contributed by atoms with Gasteiger partial charge in [0.1, 0.15) is 33.7 Å². The number of nitrogens with zero attached hydrogens (tertiary/aromatic N) is 7. The highest BCUT2D eigenvalue weighted by atomic mass is 35.5. The van der Waals surface area contributed by atoms with Crippen LogP contribution in [-0.2, 0) is 0 Å². The SMILES string of the molecule is CCN(CC)CC.Clc1nc(Cl)c2cc[nH]c2n1.Clc1nc(Nc2ccccc2)c2cc[nH]c2n1.Nc1ccccc1.OB(O)c1ccccc1.c1ccc(Nc2nc(-c3ccccc3)nc3[nH]ccc23)cc1. The third kappa shape index (κ3) is 17.2. The number of hydrogen-bond acceptors (Lipinski definition) is 12. The maximum absolute atomic E-state index is 8.58. The Morgan fingerprint density at radius 1 is 0.479 bits per heavy atom. The molecule has 0 atom stereocenters. The Balaban J connectivity index is 0.000000152. The van der Waals surface area contributed by atoms with Crippen LogP contribution in [0.25, 0.3) is 44.5 Å². The van der Waals surface area contributed by atoms with Crippen LogP contribution in [0.4, 0.5) is 28.7 Å². The van der Waals surface area contributed by atoms with Crippen LogP contribution in [0.2, 0.25) is 15.7 Å². The van der Waals surface area contributed by atoms with Gasteiger partial charge in [0.05, 0.1) is 16.2 Å². The van der Waals surface area contributed by atoms with Crippen LogP contribution in [0.5, 0.6) is 0 Å². The van der Waals surface area contributed by atoms with Gasteiger partial charge in [-0.05, 0) is 103 Å². The molecule has 0 bridgehead atoms. The van der Waals surface area contributed by atoms with Crippen molar-refractivity contribution in [1.29, 1.82) is 0 Å². The van der Waals surface area contributed by atoms with Gasteiger partial charge in [0.25, 0.3) is 0 Å². The largest absolute Gasteiger partial charge is 0.488 e. The molecule has 0 radical (unpaired) electrons. The van der Waals surface area contributed by atoms with Gasteiger partial charge < -0.3 is 46.3 Å². The van der Waals surface area contributed by atoms with Crippen molar-refractivity contribution in [1.82, 2.24) is 49.8 Å². The average Bonchev–Trinajstić information content (AvgIpc) is 4.22. The van der Waals surface area contributed by atoms with Crippen molar-refractivity contribution >= 4 is 109 Å². The molecule has 11 rings (SSSR count). The molecule has 9 N–H and O–H groups in total. The van der Waals surface area contributed by atoms with E-state index in [0.29, 0.717) is 27.9 Å². The number of aromatic amines is 3. The molecule has 0 unspecified atom stereocenters. The standard InChI is InChI=1S/C18H14N4.C12H9ClN4.C6H7BO2.C6H3Cl2N3.C6H7N.C6H15N/c1-3-7-13(8-4-1)16-21-17-15(11-12-19-17)18(22-16)20-14-9-5-2-6-10-14;13-12-16-10-9(6-7-14-10)11(17-12)15-8-4-2-1-3-5-8;8-7(9)6-4-2-1-3-5-6;7-4-3-1-2-9-5(3)11-6(8)10-4;7-6-4-2-1-3-5-6;1-4-7(5-2)6-3/h1-12H,(H2,19,20,21,22);1-7H,(H2,14,15,16,17);1-5,8-9H;1-2H,(H,9,10,11);1-5H,7H2;4-6H2,1-3H3. The zero-order chi connectivity index (χ0) is 51.8. The second-order valence-corrected chi connectivity index (χ2v) is 16.4. The highest BCUT2D eigenvalue weighted by Crippen LogP contribution is 2.27. The maximum atomic E-state index is 8.58. The van der Waals surface area contributed by atoms with Crippen molar-refractivity contribution in [3.8, 4) is 11.4 Å². The normalized spacial score (nSPS) is 10.3. The van der Waals surface area contributed by atoms with Crippen molar-refractivity contribution in [3.05, 3.63) is 204 Å². The molecule has 15 nitrogen and oxygen atoms in total. The van der Waals surface area contributed by atoms with E-state index in [1.807, 2.05) is 152 Å². The lowest BCUT2D eigenvalue weighted by molar-refractivity contribution is 0.321. The monoisotopic (exact) mass is 1030 g/mol. The number of nitrogens with two attached hydrogens (primary N) is 1. The van der Waals surface area contributed by atoms with Crippen molar-refractivity contribution in [2.24, 2.45) is 0 Å². The van der Waals surface area contributed by atoms with E-state index in [1.54, 1.807) is 36.5 Å². The topological polar surface area (TPSA) is 218 Å². The predicted octanol–water partition coefficient (Wildman–Crippen LogP) is 12.0. The Morgan fingerprint density at radius 2 is 0.877 bits per heavy atom. The fraction of sp³-hybridized carbons (Fsp3) is 0.111. The molecule has 0 aliphatic carbocycles. The molecule has 11 aromatic rings. The number of aromatic nitrogens is 9. The summed E-state index contributed by atoms with van der Waals surface area (Å²) in [6.45, 7) is 10.1. The van der Waals surface area contributed by atoms with E-state index in [-0.39, 0.29) is 10.6 Å². The summed E-state index contributed by atoms with van der Waals surface area (Å²) in [7, 11) is -1.34. The molecule has 0 saturated heterocycles. The number of para-hydroxylation sites is 3. The summed E-state index contributed by atoms with van der Waals surface area (Å²) in [5, 5.41) is 27.2. The minimum absolute atomic E-state index is 0.157. The van der Waals surface area contributed by atoms with Crippen LogP contribution in [0.15, 0.2) is 188 Å². The minimum Gasteiger partial charge on any atom is -0.423 e. The van der Waals surface area contributed by atoms with Crippen molar-refractivity contribution in [2.75, 3.05) is 36.0 Å². The van der Waals surface area contributed by atoms with E-state index in [1.165, 1.54) is 19.6 Å². The Morgan fingerprint density at radius 3 is 1.30 bits per heavy atom. The molecule has 0 spiro atoms. The summed E-state index contributed by atoms with van der Waals surface area (Å²) in [5.74, 6) is 2.21. The molecule has 0 saturated carbocycles. The molecule has 0 fully saturated rings. The fourth-order valence-electron chi connectivity index (χ4n) is 6.71. The predicted molar refractivity (Wildman–Crippen MR) is 302 cm³/mol. The number of nitrogens with one attached hydrogen (secondary N) is 5. The highest BCUT2D eigenvalue weighted by Gasteiger charge is 2.11. The van der Waals surface area contributed by atoms with Gasteiger partial charge in [0.2, 0.25) is 10.6 Å². The first-order valence-corrected chi connectivity index (χ1v) is 24.3. The first kappa shape index (κ1) is 54.5. The number of H-pyrrole nitrogens is 3. The van der Waals surface area contributed by atoms with Crippen LogP contribution in [0, 0.1) is 0 Å². The summed E-state index contributed by atoms with van der Waals surface area (Å²) in [6, 6.07) is 53.7. The molecule has 372 valence electrons. The highest BCUT2D eigenvalue weighted by molar-refractivity contribution is 6.58. The Hall–Kier alpha value is -7.83. The number of anilines is 5. The van der Waals surface area contributed by atoms with Crippen molar-refractivity contribution < 1.29 is 10.0 Å². The van der Waals surface area contributed by atoms with Crippen LogP contribution < -0.4 is 21.8 Å². The number of rotatable bonds is 9. The van der Waals surface area contributed by atoms with Crippen LogP contribution in [0.1, 0.15) is 20.8 Å². The van der Waals surface area contributed by atoms with Crippen LogP contribution >= 0.6 is 34.8 Å². The van der Waals surface area contributed by atoms with Crippen molar-refractivity contribution in [3.63, 3.8) is 0 Å². The third-order valence-corrected chi connectivity index (χ3v) is 11.1. The van der Waals surface area contributed by atoms with Crippen LogP contribution in [0.3, 0.4) is 0 Å². The number of fused-ring (bicyclic) bond motifs is 3. The van der Waals surface area contributed by atoms with Gasteiger partial charge >= 0.3 is 7.12 Å². The summed E-state index contributed by atoms with van der Waals surface area (Å²) < 4.78 is 0. The van der Waals surface area contributed by atoms with Gasteiger partial charge in [-0.15, -0.1) is 0 Å². The number of hydrogen-bond donors (Lipinski definition) is 8. The van der Waals surface area contributed by atoms with Crippen molar-refractivity contribution in [2.45, 2.75) is 20.8 Å². The summed E-state index contributed by atoms with van der Waals surface area (Å²) in [5.41, 5.74) is 11.9. The van der Waals surface area contributed by atoms with E-state index in [0.717, 1.165) is 55.9 Å². The zero-order valence-corrected chi connectivity index (χ0v) is 42.6. The number of nitrogen functional groups attached to an aromatic ring is 1. The van der Waals surface area contributed by atoms with Gasteiger partial charge in [-0.25, -0.2) is 15.0 Å². The Bertz CT molecular complexity index is 3290. The average molecular weight is 1040 g/mol. The van der Waals surface area contributed by atoms with Gasteiger partial charge in [0.15, 0.2) is 5.82 Å². The van der Waals surface area contributed by atoms with E-state index < -0.39 is 7.12 Å². The first-order valence-electron chi connectivity index (χ1n) is 23.2. The third-order valence-electron chi connectivity index (χ3n) is 10.5. The molecule has 0 aliphatic rings. The summed E-state index contributed by atoms with van der Waals surface area (Å²) in [6.07, 6.45) is 5.43. The lowest BCUT2D eigenvalue weighted by Gasteiger charge is -2.13. The van der Waals surface area contributed by atoms with Gasteiger partial charge in [-0.1, -0.05) is 148 Å². The summed E-state index contributed by atoms with van der Waals surface area (Å²) in [4.78, 5) is 36.7. The zero-order valence-electron chi connectivity index (χ0n) is 40.3. The minimum atomic E-state index is -1.34. The van der Waals surface area contributed by atoms with E-state index >= 15 is 0 Å². The molecule has 19 heteroatoms. The van der Waals surface area contributed by atoms with Crippen LogP contribution in [-0.4, -0.2) is 86.6 Å².